The molecule has 0 bridgehead atoms. The van der Waals surface area contributed by atoms with Gasteiger partial charge in [0.05, 0.1) is 18.8 Å². The monoisotopic (exact) mass is 380 g/mol. The van der Waals surface area contributed by atoms with Gasteiger partial charge in [-0.15, -0.1) is 0 Å². The number of nitrogens with zero attached hydrogens (tertiary/aromatic N) is 3. The van der Waals surface area contributed by atoms with Crippen LogP contribution in [0.15, 0.2) is 48.8 Å². The zero-order valence-corrected chi connectivity index (χ0v) is 16.8. The number of carbonyl (C=O) groups excluding carboxylic acids is 1. The third-order valence-corrected chi connectivity index (χ3v) is 4.74. The molecule has 0 unspecified atom stereocenters. The van der Waals surface area contributed by atoms with Crippen LogP contribution >= 0.6 is 0 Å². The number of fused-ring (bicyclic) bond motifs is 1. The third kappa shape index (κ3) is 5.10. The summed E-state index contributed by atoms with van der Waals surface area (Å²) in [6, 6.07) is 12.3. The van der Waals surface area contributed by atoms with Crippen LogP contribution in [0.25, 0.3) is 5.65 Å². The van der Waals surface area contributed by atoms with Gasteiger partial charge in [0.2, 0.25) is 0 Å². The topological polar surface area (TPSA) is 58.9 Å². The smallest absolute Gasteiger partial charge is 0.318 e. The number of aromatic nitrogens is 2. The van der Waals surface area contributed by atoms with Gasteiger partial charge in [0, 0.05) is 32.6 Å². The second-order valence-electron chi connectivity index (χ2n) is 6.94. The molecule has 1 N–H and O–H groups in total. The van der Waals surface area contributed by atoms with Gasteiger partial charge >= 0.3 is 6.03 Å². The van der Waals surface area contributed by atoms with E-state index < -0.39 is 0 Å². The lowest BCUT2D eigenvalue weighted by Crippen LogP contribution is -2.41. The molecule has 0 atom stereocenters. The van der Waals surface area contributed by atoms with Crippen LogP contribution < -0.4 is 5.32 Å². The molecule has 0 saturated carbocycles. The quantitative estimate of drug-likeness (QED) is 0.650. The van der Waals surface area contributed by atoms with Gasteiger partial charge in [0.1, 0.15) is 5.65 Å². The van der Waals surface area contributed by atoms with Crippen LogP contribution in [0.1, 0.15) is 29.3 Å². The van der Waals surface area contributed by atoms with E-state index in [0.29, 0.717) is 26.2 Å². The lowest BCUT2D eigenvalue weighted by molar-refractivity contribution is 0.146. The van der Waals surface area contributed by atoms with Crippen molar-refractivity contribution < 1.29 is 9.53 Å². The standard InChI is InChI=1S/C22H28N4O2/c1-4-18-5-7-19(8-6-18)15-26(11-12-28-3)22(27)23-14-20-16-25-10-9-17(2)13-21(25)24-20/h5-10,13,16H,4,11-12,14-15H2,1-3H3,(H,23,27). The molecule has 28 heavy (non-hydrogen) atoms. The number of pyridine rings is 1. The normalized spacial score (nSPS) is 11.0. The van der Waals surface area contributed by atoms with Gasteiger partial charge in [0.15, 0.2) is 0 Å². The fourth-order valence-electron chi connectivity index (χ4n) is 3.05. The van der Waals surface area contributed by atoms with E-state index in [1.54, 1.807) is 12.0 Å². The largest absolute Gasteiger partial charge is 0.383 e. The predicted octanol–water partition coefficient (Wildman–Crippen LogP) is 3.56. The summed E-state index contributed by atoms with van der Waals surface area (Å²) in [5, 5.41) is 2.98. The lowest BCUT2D eigenvalue weighted by atomic mass is 10.1. The number of carbonyl (C=O) groups is 1. The molecule has 3 aromatic rings. The molecule has 0 aliphatic heterocycles. The molecular weight excluding hydrogens is 352 g/mol. The van der Waals surface area contributed by atoms with Crippen LogP contribution in [0.4, 0.5) is 4.79 Å². The van der Waals surface area contributed by atoms with Crippen molar-refractivity contribution in [3.8, 4) is 0 Å². The maximum Gasteiger partial charge on any atom is 0.318 e. The Hall–Kier alpha value is -2.86. The Bertz CT molecular complexity index is 918. The highest BCUT2D eigenvalue weighted by Gasteiger charge is 2.14. The molecule has 0 aliphatic carbocycles. The Morgan fingerprint density at radius 2 is 1.96 bits per heavy atom. The van der Waals surface area contributed by atoms with Gasteiger partial charge in [-0.05, 0) is 42.2 Å². The summed E-state index contributed by atoms with van der Waals surface area (Å²) < 4.78 is 7.14. The number of imidazole rings is 1. The number of methoxy groups -OCH3 is 1. The first-order chi connectivity index (χ1) is 13.6. The van der Waals surface area contributed by atoms with E-state index in [0.717, 1.165) is 28.9 Å². The molecule has 6 heteroatoms. The van der Waals surface area contributed by atoms with Crippen molar-refractivity contribution in [1.82, 2.24) is 19.6 Å². The summed E-state index contributed by atoms with van der Waals surface area (Å²) in [6.07, 6.45) is 4.93. The maximum atomic E-state index is 12.7. The average Bonchev–Trinajstić information content (AvgIpc) is 3.11. The molecule has 0 saturated heterocycles. The molecule has 2 heterocycles. The van der Waals surface area contributed by atoms with Crippen molar-refractivity contribution >= 4 is 11.7 Å². The minimum atomic E-state index is -0.121. The molecule has 2 amide bonds. The minimum absolute atomic E-state index is 0.121. The lowest BCUT2D eigenvalue weighted by Gasteiger charge is -2.23. The third-order valence-electron chi connectivity index (χ3n) is 4.74. The second kappa shape index (κ2) is 9.37. The first-order valence-electron chi connectivity index (χ1n) is 9.63. The Morgan fingerprint density at radius 1 is 1.21 bits per heavy atom. The van der Waals surface area contributed by atoms with E-state index in [1.165, 1.54) is 5.56 Å². The summed E-state index contributed by atoms with van der Waals surface area (Å²) in [5.41, 5.74) is 5.27. The Morgan fingerprint density at radius 3 is 2.68 bits per heavy atom. The molecule has 3 rings (SSSR count). The fourth-order valence-corrected chi connectivity index (χ4v) is 3.05. The first kappa shape index (κ1) is 19.9. The van der Waals surface area contributed by atoms with Crippen molar-refractivity contribution in [2.24, 2.45) is 0 Å². The molecule has 0 spiro atoms. The molecule has 148 valence electrons. The minimum Gasteiger partial charge on any atom is -0.383 e. The van der Waals surface area contributed by atoms with E-state index in [4.69, 9.17) is 4.74 Å². The summed E-state index contributed by atoms with van der Waals surface area (Å²) in [7, 11) is 1.64. The number of nitrogens with one attached hydrogen (secondary N) is 1. The molecule has 2 aromatic heterocycles. The number of amides is 2. The van der Waals surface area contributed by atoms with Crippen LogP contribution in [-0.4, -0.2) is 40.6 Å². The summed E-state index contributed by atoms with van der Waals surface area (Å²) >= 11 is 0. The van der Waals surface area contributed by atoms with E-state index in [-0.39, 0.29) is 6.03 Å². The summed E-state index contributed by atoms with van der Waals surface area (Å²) in [5.74, 6) is 0. The zero-order valence-electron chi connectivity index (χ0n) is 16.8. The van der Waals surface area contributed by atoms with Crippen molar-refractivity contribution in [3.63, 3.8) is 0 Å². The summed E-state index contributed by atoms with van der Waals surface area (Å²) in [6.45, 7) is 6.13. The molecule has 0 radical (unpaired) electrons. The predicted molar refractivity (Wildman–Crippen MR) is 110 cm³/mol. The van der Waals surface area contributed by atoms with Crippen molar-refractivity contribution in [2.75, 3.05) is 20.3 Å². The number of hydrogen-bond acceptors (Lipinski definition) is 3. The van der Waals surface area contributed by atoms with E-state index >= 15 is 0 Å². The van der Waals surface area contributed by atoms with E-state index in [9.17, 15) is 4.79 Å². The average molecular weight is 380 g/mol. The Balaban J connectivity index is 1.64. The fraction of sp³-hybridized carbons (Fsp3) is 0.364. The van der Waals surface area contributed by atoms with Crippen molar-refractivity contribution in [1.29, 1.82) is 0 Å². The number of hydrogen-bond donors (Lipinski definition) is 1. The first-order valence-corrected chi connectivity index (χ1v) is 9.63. The molecule has 6 nitrogen and oxygen atoms in total. The van der Waals surface area contributed by atoms with Gasteiger partial charge < -0.3 is 19.4 Å². The number of urea groups is 1. The SMILES string of the molecule is CCc1ccc(CN(CCOC)C(=O)NCc2cn3ccc(C)cc3n2)cc1. The second-order valence-corrected chi connectivity index (χ2v) is 6.94. The number of aryl methyl sites for hydroxylation is 2. The highest BCUT2D eigenvalue weighted by atomic mass is 16.5. The highest BCUT2D eigenvalue weighted by Crippen LogP contribution is 2.10. The van der Waals surface area contributed by atoms with Gasteiger partial charge in [-0.2, -0.15) is 0 Å². The molecular formula is C22H28N4O2. The number of rotatable bonds is 8. The Labute approximate surface area is 166 Å². The van der Waals surface area contributed by atoms with Gasteiger partial charge in [-0.1, -0.05) is 31.2 Å². The molecule has 1 aromatic carbocycles. The van der Waals surface area contributed by atoms with Gasteiger partial charge in [-0.3, -0.25) is 0 Å². The van der Waals surface area contributed by atoms with Crippen LogP contribution in [-0.2, 0) is 24.2 Å². The van der Waals surface area contributed by atoms with Crippen LogP contribution in [0, 0.1) is 6.92 Å². The number of benzene rings is 1. The van der Waals surface area contributed by atoms with Crippen molar-refractivity contribution in [2.45, 2.75) is 33.4 Å². The molecule has 0 fully saturated rings. The van der Waals surface area contributed by atoms with Crippen LogP contribution in [0.5, 0.6) is 0 Å². The van der Waals surface area contributed by atoms with Gasteiger partial charge in [-0.25, -0.2) is 9.78 Å². The van der Waals surface area contributed by atoms with Crippen LogP contribution in [0.3, 0.4) is 0 Å². The maximum absolute atomic E-state index is 12.7. The number of ether oxygens (including phenoxy) is 1. The highest BCUT2D eigenvalue weighted by molar-refractivity contribution is 5.74. The van der Waals surface area contributed by atoms with Gasteiger partial charge in [0.25, 0.3) is 0 Å². The zero-order chi connectivity index (χ0) is 19.9. The Kier molecular flexibility index (Phi) is 6.66. The van der Waals surface area contributed by atoms with Crippen LogP contribution in [0.2, 0.25) is 0 Å². The van der Waals surface area contributed by atoms with E-state index in [2.05, 4.69) is 41.5 Å². The van der Waals surface area contributed by atoms with Crippen molar-refractivity contribution in [3.05, 3.63) is 71.2 Å². The van der Waals surface area contributed by atoms with E-state index in [1.807, 2.05) is 35.9 Å². The summed E-state index contributed by atoms with van der Waals surface area (Å²) in [4.78, 5) is 19.1. The molecule has 0 aliphatic rings.